The SMILES string of the molecule is Cc1cc(N2CCOCC2)cc(N2CCOC[C@@H]2C)c1. The third-order valence-corrected chi connectivity index (χ3v) is 4.12. The molecule has 0 aliphatic carbocycles. The van der Waals surface area contributed by atoms with E-state index in [-0.39, 0.29) is 0 Å². The molecule has 0 N–H and O–H groups in total. The van der Waals surface area contributed by atoms with Crippen LogP contribution in [0.25, 0.3) is 0 Å². The third kappa shape index (κ3) is 2.91. The Morgan fingerprint density at radius 2 is 1.65 bits per heavy atom. The molecule has 4 nitrogen and oxygen atoms in total. The van der Waals surface area contributed by atoms with Crippen molar-refractivity contribution in [3.8, 4) is 0 Å². The molecule has 2 aliphatic heterocycles. The highest BCUT2D eigenvalue weighted by Crippen LogP contribution is 2.27. The van der Waals surface area contributed by atoms with Crippen LogP contribution in [0.5, 0.6) is 0 Å². The maximum absolute atomic E-state index is 5.54. The van der Waals surface area contributed by atoms with Crippen molar-refractivity contribution in [2.24, 2.45) is 0 Å². The molecule has 0 amide bonds. The molecule has 2 heterocycles. The summed E-state index contributed by atoms with van der Waals surface area (Å²) in [5.41, 5.74) is 3.96. The van der Waals surface area contributed by atoms with E-state index in [2.05, 4.69) is 41.8 Å². The number of ether oxygens (including phenoxy) is 2. The van der Waals surface area contributed by atoms with E-state index in [0.717, 1.165) is 46.1 Å². The van der Waals surface area contributed by atoms with Crippen molar-refractivity contribution in [3.63, 3.8) is 0 Å². The maximum Gasteiger partial charge on any atom is 0.0668 e. The molecule has 0 unspecified atom stereocenters. The molecule has 0 spiro atoms. The van der Waals surface area contributed by atoms with Crippen LogP contribution in [0.2, 0.25) is 0 Å². The number of rotatable bonds is 2. The van der Waals surface area contributed by atoms with Crippen molar-refractivity contribution in [1.29, 1.82) is 0 Å². The fourth-order valence-corrected chi connectivity index (χ4v) is 3.02. The quantitative estimate of drug-likeness (QED) is 0.825. The lowest BCUT2D eigenvalue weighted by Crippen LogP contribution is -2.44. The molecule has 0 radical (unpaired) electrons. The normalized spacial score (nSPS) is 24.0. The van der Waals surface area contributed by atoms with Gasteiger partial charge in [0.2, 0.25) is 0 Å². The molecule has 2 fully saturated rings. The summed E-state index contributed by atoms with van der Waals surface area (Å²) >= 11 is 0. The van der Waals surface area contributed by atoms with E-state index in [9.17, 15) is 0 Å². The number of anilines is 2. The highest BCUT2D eigenvalue weighted by Gasteiger charge is 2.20. The summed E-state index contributed by atoms with van der Waals surface area (Å²) in [5.74, 6) is 0. The van der Waals surface area contributed by atoms with Crippen molar-refractivity contribution in [3.05, 3.63) is 23.8 Å². The monoisotopic (exact) mass is 276 g/mol. The molecular weight excluding hydrogens is 252 g/mol. The van der Waals surface area contributed by atoms with Gasteiger partial charge in [0.1, 0.15) is 0 Å². The molecular formula is C16H24N2O2. The molecule has 3 rings (SSSR count). The lowest BCUT2D eigenvalue weighted by atomic mass is 10.1. The number of morpholine rings is 2. The number of hydrogen-bond donors (Lipinski definition) is 0. The minimum absolute atomic E-state index is 0.447. The molecule has 0 bridgehead atoms. The molecule has 4 heteroatoms. The van der Waals surface area contributed by atoms with Gasteiger partial charge in [-0.3, -0.25) is 0 Å². The minimum atomic E-state index is 0.447. The van der Waals surface area contributed by atoms with Crippen molar-refractivity contribution >= 4 is 11.4 Å². The van der Waals surface area contributed by atoms with Gasteiger partial charge in [0.15, 0.2) is 0 Å². The highest BCUT2D eigenvalue weighted by molar-refractivity contribution is 5.62. The number of aryl methyl sites for hydroxylation is 1. The zero-order chi connectivity index (χ0) is 13.9. The third-order valence-electron chi connectivity index (χ3n) is 4.12. The lowest BCUT2D eigenvalue weighted by Gasteiger charge is -2.36. The minimum Gasteiger partial charge on any atom is -0.378 e. The Hall–Kier alpha value is -1.26. The van der Waals surface area contributed by atoms with Crippen LogP contribution >= 0.6 is 0 Å². The van der Waals surface area contributed by atoms with Crippen molar-refractivity contribution in [2.45, 2.75) is 19.9 Å². The van der Waals surface area contributed by atoms with Gasteiger partial charge >= 0.3 is 0 Å². The zero-order valence-corrected chi connectivity index (χ0v) is 12.5. The largest absolute Gasteiger partial charge is 0.378 e. The van der Waals surface area contributed by atoms with Crippen LogP contribution in [0.15, 0.2) is 18.2 Å². The van der Waals surface area contributed by atoms with E-state index in [1.54, 1.807) is 0 Å². The molecule has 2 saturated heterocycles. The second-order valence-electron chi connectivity index (χ2n) is 5.74. The van der Waals surface area contributed by atoms with Crippen molar-refractivity contribution < 1.29 is 9.47 Å². The first-order valence-corrected chi connectivity index (χ1v) is 7.53. The van der Waals surface area contributed by atoms with E-state index in [0.29, 0.717) is 6.04 Å². The van der Waals surface area contributed by atoms with Gasteiger partial charge in [0.05, 0.1) is 26.4 Å². The Kier molecular flexibility index (Phi) is 4.13. The van der Waals surface area contributed by atoms with Crippen LogP contribution < -0.4 is 9.80 Å². The Labute approximate surface area is 121 Å². The average Bonchev–Trinajstić information content (AvgIpc) is 2.48. The van der Waals surface area contributed by atoms with Gasteiger partial charge in [0.25, 0.3) is 0 Å². The smallest absolute Gasteiger partial charge is 0.0668 e. The summed E-state index contributed by atoms with van der Waals surface area (Å²) < 4.78 is 11.0. The maximum atomic E-state index is 5.54. The van der Waals surface area contributed by atoms with Crippen LogP contribution in [0.3, 0.4) is 0 Å². The highest BCUT2D eigenvalue weighted by atomic mass is 16.5. The van der Waals surface area contributed by atoms with Crippen LogP contribution in [0.1, 0.15) is 12.5 Å². The standard InChI is InChI=1S/C16H24N2O2/c1-13-9-15(17-3-6-19-7-4-17)11-16(10-13)18-5-8-20-12-14(18)2/h9-11,14H,3-8,12H2,1-2H3/t14-/m0/s1. The molecule has 20 heavy (non-hydrogen) atoms. The molecule has 1 atom stereocenters. The first-order chi connectivity index (χ1) is 9.74. The summed E-state index contributed by atoms with van der Waals surface area (Å²) in [6.07, 6.45) is 0. The fraction of sp³-hybridized carbons (Fsp3) is 0.625. The van der Waals surface area contributed by atoms with Crippen molar-refractivity contribution in [1.82, 2.24) is 0 Å². The summed E-state index contributed by atoms with van der Waals surface area (Å²) in [6, 6.07) is 7.33. The van der Waals surface area contributed by atoms with E-state index < -0.39 is 0 Å². The van der Waals surface area contributed by atoms with Gasteiger partial charge in [-0.15, -0.1) is 0 Å². The first kappa shape index (κ1) is 13.7. The fourth-order valence-electron chi connectivity index (χ4n) is 3.02. The van der Waals surface area contributed by atoms with E-state index in [1.165, 1.54) is 16.9 Å². The van der Waals surface area contributed by atoms with Gasteiger partial charge in [-0.1, -0.05) is 0 Å². The van der Waals surface area contributed by atoms with Gasteiger partial charge in [-0.25, -0.2) is 0 Å². The van der Waals surface area contributed by atoms with Crippen LogP contribution in [-0.4, -0.2) is 52.1 Å². The Bertz CT molecular complexity index is 458. The van der Waals surface area contributed by atoms with E-state index in [4.69, 9.17) is 9.47 Å². The Morgan fingerprint density at radius 3 is 2.40 bits per heavy atom. The molecule has 2 aliphatic rings. The van der Waals surface area contributed by atoms with Gasteiger partial charge in [-0.2, -0.15) is 0 Å². The lowest BCUT2D eigenvalue weighted by molar-refractivity contribution is 0.0989. The predicted molar refractivity (Wildman–Crippen MR) is 81.8 cm³/mol. The number of hydrogen-bond acceptors (Lipinski definition) is 4. The second kappa shape index (κ2) is 6.02. The topological polar surface area (TPSA) is 24.9 Å². The summed E-state index contributed by atoms with van der Waals surface area (Å²) in [6.45, 7) is 10.7. The van der Waals surface area contributed by atoms with Crippen molar-refractivity contribution in [2.75, 3.05) is 55.9 Å². The van der Waals surface area contributed by atoms with Gasteiger partial charge in [0, 0.05) is 37.1 Å². The molecule has 110 valence electrons. The second-order valence-corrected chi connectivity index (χ2v) is 5.74. The van der Waals surface area contributed by atoms with E-state index >= 15 is 0 Å². The predicted octanol–water partition coefficient (Wildman–Crippen LogP) is 2.06. The van der Waals surface area contributed by atoms with E-state index in [1.807, 2.05) is 0 Å². The molecule has 1 aromatic carbocycles. The van der Waals surface area contributed by atoms with Crippen LogP contribution in [-0.2, 0) is 9.47 Å². The molecule has 0 aromatic heterocycles. The summed E-state index contributed by atoms with van der Waals surface area (Å²) in [7, 11) is 0. The average molecular weight is 276 g/mol. The zero-order valence-electron chi connectivity index (χ0n) is 12.5. The van der Waals surface area contributed by atoms with Gasteiger partial charge in [-0.05, 0) is 37.6 Å². The van der Waals surface area contributed by atoms with Crippen LogP contribution in [0.4, 0.5) is 11.4 Å². The number of nitrogens with zero attached hydrogens (tertiary/aromatic N) is 2. The Morgan fingerprint density at radius 1 is 0.950 bits per heavy atom. The first-order valence-electron chi connectivity index (χ1n) is 7.53. The summed E-state index contributed by atoms with van der Waals surface area (Å²) in [4.78, 5) is 4.88. The molecule has 1 aromatic rings. The molecule has 0 saturated carbocycles. The number of benzene rings is 1. The van der Waals surface area contributed by atoms with Crippen LogP contribution in [0, 0.1) is 6.92 Å². The summed E-state index contributed by atoms with van der Waals surface area (Å²) in [5, 5.41) is 0. The Balaban J connectivity index is 1.85. The van der Waals surface area contributed by atoms with Gasteiger partial charge < -0.3 is 19.3 Å².